The van der Waals surface area contributed by atoms with Gasteiger partial charge in [0.2, 0.25) is 0 Å². The van der Waals surface area contributed by atoms with Crippen molar-refractivity contribution in [1.29, 1.82) is 5.26 Å². The molecule has 0 bridgehead atoms. The highest BCUT2D eigenvalue weighted by molar-refractivity contribution is 5.79. The van der Waals surface area contributed by atoms with Crippen LogP contribution < -0.4 is 10.2 Å². The van der Waals surface area contributed by atoms with Gasteiger partial charge >= 0.3 is 6.43 Å². The Bertz CT molecular complexity index is 953. The molecule has 2 aliphatic heterocycles. The first kappa shape index (κ1) is 18.4. The summed E-state index contributed by atoms with van der Waals surface area (Å²) in [5.74, 6) is -1.09. The molecule has 1 fully saturated rings. The van der Waals surface area contributed by atoms with Gasteiger partial charge in [0, 0.05) is 24.2 Å². The van der Waals surface area contributed by atoms with Gasteiger partial charge in [0.05, 0.1) is 17.7 Å². The molecule has 1 amide bonds. The number of nitriles is 1. The van der Waals surface area contributed by atoms with E-state index >= 15 is 0 Å². The molecule has 6 heteroatoms. The van der Waals surface area contributed by atoms with Crippen molar-refractivity contribution in [2.75, 3.05) is 11.4 Å². The van der Waals surface area contributed by atoms with Crippen LogP contribution in [-0.4, -0.2) is 24.9 Å². The van der Waals surface area contributed by atoms with E-state index in [9.17, 15) is 18.8 Å². The molecule has 2 heterocycles. The Morgan fingerprint density at radius 2 is 1.96 bits per heavy atom. The number of rotatable bonds is 2. The van der Waals surface area contributed by atoms with Gasteiger partial charge in [0.25, 0.3) is 5.91 Å². The first-order chi connectivity index (χ1) is 13.5. The summed E-state index contributed by atoms with van der Waals surface area (Å²) in [5.41, 5.74) is 5.13. The molecule has 0 unspecified atom stereocenters. The van der Waals surface area contributed by atoms with E-state index in [0.717, 1.165) is 16.8 Å². The summed E-state index contributed by atoms with van der Waals surface area (Å²) in [6.07, 6.45) is -1.82. The molecule has 0 saturated carbocycles. The SMILES string of the molecule is C[C@@H]1c2ccccc2[C@H]2C[C@H](NC(=O)C(F)F)CCN2c2ccc(C#N)cc21. The third-order valence-corrected chi connectivity index (χ3v) is 5.90. The second kappa shape index (κ2) is 7.23. The molecular weight excluding hydrogens is 360 g/mol. The van der Waals surface area contributed by atoms with Crippen LogP contribution in [0.15, 0.2) is 42.5 Å². The van der Waals surface area contributed by atoms with E-state index < -0.39 is 12.3 Å². The maximum absolute atomic E-state index is 12.7. The van der Waals surface area contributed by atoms with Gasteiger partial charge in [0.1, 0.15) is 0 Å². The van der Waals surface area contributed by atoms with Crippen molar-refractivity contribution >= 4 is 11.6 Å². The molecule has 4 nitrogen and oxygen atoms in total. The number of nitrogens with zero attached hydrogens (tertiary/aromatic N) is 2. The lowest BCUT2D eigenvalue weighted by molar-refractivity contribution is -0.132. The van der Waals surface area contributed by atoms with Crippen molar-refractivity contribution in [2.45, 2.75) is 44.2 Å². The predicted molar refractivity (Wildman–Crippen MR) is 102 cm³/mol. The Morgan fingerprint density at radius 1 is 1.21 bits per heavy atom. The van der Waals surface area contributed by atoms with Crippen molar-refractivity contribution in [3.05, 3.63) is 64.7 Å². The van der Waals surface area contributed by atoms with Crippen molar-refractivity contribution in [2.24, 2.45) is 0 Å². The fraction of sp³-hybridized carbons (Fsp3) is 0.364. The molecular formula is C22H21F2N3O. The fourth-order valence-electron chi connectivity index (χ4n) is 4.55. The Kier molecular flexibility index (Phi) is 4.76. The van der Waals surface area contributed by atoms with Crippen LogP contribution in [0.1, 0.15) is 54.0 Å². The van der Waals surface area contributed by atoms with Crippen molar-refractivity contribution in [3.8, 4) is 6.07 Å². The minimum Gasteiger partial charge on any atom is -0.364 e. The van der Waals surface area contributed by atoms with E-state index in [1.165, 1.54) is 5.56 Å². The van der Waals surface area contributed by atoms with Crippen molar-refractivity contribution in [1.82, 2.24) is 5.32 Å². The van der Waals surface area contributed by atoms with Gasteiger partial charge in [-0.25, -0.2) is 0 Å². The number of carbonyl (C=O) groups is 1. The largest absolute Gasteiger partial charge is 0.364 e. The number of piperidine rings is 1. The number of nitrogens with one attached hydrogen (secondary N) is 1. The monoisotopic (exact) mass is 381 g/mol. The smallest absolute Gasteiger partial charge is 0.315 e. The second-order valence-corrected chi connectivity index (χ2v) is 7.48. The van der Waals surface area contributed by atoms with Crippen LogP contribution in [0.5, 0.6) is 0 Å². The van der Waals surface area contributed by atoms with Gasteiger partial charge in [0.15, 0.2) is 0 Å². The minimum atomic E-state index is -3.00. The summed E-state index contributed by atoms with van der Waals surface area (Å²) >= 11 is 0. The van der Waals surface area contributed by atoms with Crippen LogP contribution in [0.25, 0.3) is 0 Å². The van der Waals surface area contributed by atoms with Crippen LogP contribution in [0.4, 0.5) is 14.5 Å². The van der Waals surface area contributed by atoms with Gasteiger partial charge in [-0.2, -0.15) is 14.0 Å². The zero-order valence-corrected chi connectivity index (χ0v) is 15.5. The number of halogens is 2. The van der Waals surface area contributed by atoms with Gasteiger partial charge in [-0.15, -0.1) is 0 Å². The lowest BCUT2D eigenvalue weighted by Gasteiger charge is -2.41. The van der Waals surface area contributed by atoms with E-state index in [-0.39, 0.29) is 18.0 Å². The number of hydrogen-bond acceptors (Lipinski definition) is 3. The molecule has 0 radical (unpaired) electrons. The number of anilines is 1. The lowest BCUT2D eigenvalue weighted by Crippen LogP contribution is -2.47. The van der Waals surface area contributed by atoms with E-state index in [1.54, 1.807) is 0 Å². The Hall–Kier alpha value is -2.94. The molecule has 0 aromatic heterocycles. The summed E-state index contributed by atoms with van der Waals surface area (Å²) in [7, 11) is 0. The van der Waals surface area contributed by atoms with Crippen LogP contribution in [0.3, 0.4) is 0 Å². The minimum absolute atomic E-state index is 0.00967. The summed E-state index contributed by atoms with van der Waals surface area (Å²) in [5, 5.41) is 11.8. The average Bonchev–Trinajstić information content (AvgIpc) is 2.81. The van der Waals surface area contributed by atoms with Gasteiger partial charge in [-0.3, -0.25) is 4.79 Å². The van der Waals surface area contributed by atoms with Crippen molar-refractivity contribution < 1.29 is 13.6 Å². The standard InChI is InChI=1S/C22H21F2N3O/c1-13-16-4-2-3-5-17(16)20-11-15(26-22(28)21(23)24)8-9-27(20)19-7-6-14(12-25)10-18(13)19/h2-7,10,13,15,20-21H,8-9,11H2,1H3,(H,26,28)/t13-,15-,20-/m1/s1. The second-order valence-electron chi connectivity index (χ2n) is 7.48. The first-order valence-electron chi connectivity index (χ1n) is 9.47. The topological polar surface area (TPSA) is 56.1 Å². The summed E-state index contributed by atoms with van der Waals surface area (Å²) < 4.78 is 25.4. The Labute approximate surface area is 162 Å². The number of alkyl halides is 2. The third-order valence-electron chi connectivity index (χ3n) is 5.90. The van der Waals surface area contributed by atoms with Crippen LogP contribution >= 0.6 is 0 Å². The van der Waals surface area contributed by atoms with E-state index in [4.69, 9.17) is 0 Å². The average molecular weight is 381 g/mol. The summed E-state index contributed by atoms with van der Waals surface area (Å²) in [6, 6.07) is 15.8. The quantitative estimate of drug-likeness (QED) is 0.852. The van der Waals surface area contributed by atoms with Crippen LogP contribution in [0, 0.1) is 11.3 Å². The molecule has 0 aliphatic carbocycles. The highest BCUT2D eigenvalue weighted by Gasteiger charge is 2.37. The molecule has 28 heavy (non-hydrogen) atoms. The molecule has 4 rings (SSSR count). The fourth-order valence-corrected chi connectivity index (χ4v) is 4.55. The molecule has 1 N–H and O–H groups in total. The zero-order chi connectivity index (χ0) is 19.8. The first-order valence-corrected chi connectivity index (χ1v) is 9.47. The lowest BCUT2D eigenvalue weighted by atomic mass is 9.86. The van der Waals surface area contributed by atoms with Crippen LogP contribution in [0.2, 0.25) is 0 Å². The molecule has 2 aromatic carbocycles. The molecule has 144 valence electrons. The summed E-state index contributed by atoms with van der Waals surface area (Å²) in [4.78, 5) is 13.8. The predicted octanol–water partition coefficient (Wildman–Crippen LogP) is 4.11. The Balaban J connectivity index is 1.77. The van der Waals surface area contributed by atoms with E-state index in [1.807, 2.05) is 30.3 Å². The molecule has 3 atom stereocenters. The normalized spacial score (nSPS) is 23.1. The van der Waals surface area contributed by atoms with Crippen LogP contribution in [-0.2, 0) is 4.79 Å². The molecule has 0 spiro atoms. The maximum Gasteiger partial charge on any atom is 0.315 e. The van der Waals surface area contributed by atoms with Gasteiger partial charge in [-0.05, 0) is 47.7 Å². The highest BCUT2D eigenvalue weighted by Crippen LogP contribution is 2.46. The third kappa shape index (κ3) is 3.11. The number of hydrogen-bond donors (Lipinski definition) is 1. The number of carbonyl (C=O) groups excluding carboxylic acids is 1. The number of fused-ring (bicyclic) bond motifs is 5. The Morgan fingerprint density at radius 3 is 2.68 bits per heavy atom. The molecule has 2 aliphatic rings. The maximum atomic E-state index is 12.7. The molecule has 2 aromatic rings. The zero-order valence-electron chi connectivity index (χ0n) is 15.5. The number of amides is 1. The van der Waals surface area contributed by atoms with E-state index in [0.29, 0.717) is 24.9 Å². The van der Waals surface area contributed by atoms with E-state index in [2.05, 4.69) is 35.3 Å². The van der Waals surface area contributed by atoms with Gasteiger partial charge < -0.3 is 10.2 Å². The van der Waals surface area contributed by atoms with Gasteiger partial charge in [-0.1, -0.05) is 31.2 Å². The van der Waals surface area contributed by atoms with Crippen molar-refractivity contribution in [3.63, 3.8) is 0 Å². The highest BCUT2D eigenvalue weighted by atomic mass is 19.3. The number of benzene rings is 2. The molecule has 1 saturated heterocycles. The summed E-state index contributed by atoms with van der Waals surface area (Å²) in [6.45, 7) is 2.78.